The zero-order valence-corrected chi connectivity index (χ0v) is 18.0. The molecule has 4 rings (SSSR count). The second-order valence-corrected chi connectivity index (χ2v) is 7.63. The zero-order valence-electron chi connectivity index (χ0n) is 17.3. The Morgan fingerprint density at radius 3 is 2.45 bits per heavy atom. The number of hydrogen-bond acceptors (Lipinski definition) is 3. The predicted molar refractivity (Wildman–Crippen MR) is 126 cm³/mol. The van der Waals surface area contributed by atoms with Crippen molar-refractivity contribution in [2.45, 2.75) is 26.4 Å². The minimum atomic E-state index is -0.129. The van der Waals surface area contributed by atoms with E-state index in [1.54, 1.807) is 0 Å². The molecule has 3 aromatic rings. The molecule has 0 aromatic heterocycles. The Labute approximate surface area is 187 Å². The van der Waals surface area contributed by atoms with Gasteiger partial charge in [-0.25, -0.2) is 0 Å². The third kappa shape index (κ3) is 4.70. The van der Waals surface area contributed by atoms with E-state index in [9.17, 15) is 4.79 Å². The maximum atomic E-state index is 13.2. The maximum absolute atomic E-state index is 13.2. The Morgan fingerprint density at radius 2 is 1.68 bits per heavy atom. The number of carbonyl (C=O) groups excluding carboxylic acids is 1. The van der Waals surface area contributed by atoms with Gasteiger partial charge < -0.3 is 4.74 Å². The quantitative estimate of drug-likeness (QED) is 0.401. The van der Waals surface area contributed by atoms with Crippen molar-refractivity contribution in [3.05, 3.63) is 101 Å². The number of carbonyl (C=O) groups is 1. The van der Waals surface area contributed by atoms with Gasteiger partial charge in [0.1, 0.15) is 12.4 Å². The van der Waals surface area contributed by atoms with E-state index in [0.717, 1.165) is 35.4 Å². The summed E-state index contributed by atoms with van der Waals surface area (Å²) in [5.41, 5.74) is 3.88. The molecule has 4 nitrogen and oxygen atoms in total. The topological polar surface area (TPSA) is 41.9 Å². The molecule has 0 spiro atoms. The number of rotatable bonds is 7. The van der Waals surface area contributed by atoms with E-state index in [1.165, 1.54) is 5.01 Å². The molecule has 0 radical (unpaired) electrons. The molecule has 5 heteroatoms. The van der Waals surface area contributed by atoms with E-state index in [2.05, 4.69) is 12.0 Å². The summed E-state index contributed by atoms with van der Waals surface area (Å²) in [6.45, 7) is 2.43. The van der Waals surface area contributed by atoms with Crippen molar-refractivity contribution in [2.24, 2.45) is 5.10 Å². The monoisotopic (exact) mass is 430 g/mol. The largest absolute Gasteiger partial charge is 0.488 e. The fourth-order valence-corrected chi connectivity index (χ4v) is 3.62. The number of amides is 1. The first kappa shape index (κ1) is 20.9. The summed E-state index contributed by atoms with van der Waals surface area (Å²) in [5, 5.41) is 6.76. The summed E-state index contributed by atoms with van der Waals surface area (Å²) in [7, 11) is 0. The van der Waals surface area contributed by atoms with Gasteiger partial charge in [-0.3, -0.25) is 4.79 Å². The number of hydrogen-bond donors (Lipinski definition) is 0. The number of benzene rings is 3. The van der Waals surface area contributed by atoms with Crippen LogP contribution in [-0.2, 0) is 11.4 Å². The van der Waals surface area contributed by atoms with Gasteiger partial charge in [0.15, 0.2) is 0 Å². The summed E-state index contributed by atoms with van der Waals surface area (Å²) < 4.78 is 6.06. The van der Waals surface area contributed by atoms with Crippen molar-refractivity contribution >= 4 is 35.0 Å². The van der Waals surface area contributed by atoms with Gasteiger partial charge in [-0.2, -0.15) is 10.1 Å². The lowest BCUT2D eigenvalue weighted by atomic mass is 10.0. The molecule has 1 aliphatic heterocycles. The van der Waals surface area contributed by atoms with Crippen molar-refractivity contribution in [2.75, 3.05) is 5.01 Å². The highest BCUT2D eigenvalue weighted by atomic mass is 35.5. The van der Waals surface area contributed by atoms with Crippen molar-refractivity contribution in [3.8, 4) is 5.75 Å². The Hall–Kier alpha value is -3.37. The molecule has 0 unspecified atom stereocenters. The van der Waals surface area contributed by atoms with E-state index >= 15 is 0 Å². The highest BCUT2D eigenvalue weighted by molar-refractivity contribution is 6.33. The Kier molecular flexibility index (Phi) is 6.48. The number of ether oxygens (including phenoxy) is 1. The summed E-state index contributed by atoms with van der Waals surface area (Å²) in [5.74, 6) is 0.562. The van der Waals surface area contributed by atoms with Crippen LogP contribution < -0.4 is 9.75 Å². The maximum Gasteiger partial charge on any atom is 0.280 e. The molecular weight excluding hydrogens is 408 g/mol. The van der Waals surface area contributed by atoms with Crippen LogP contribution in [0.2, 0.25) is 5.02 Å². The zero-order chi connectivity index (χ0) is 21.6. The van der Waals surface area contributed by atoms with Crippen LogP contribution in [0.3, 0.4) is 0 Å². The summed E-state index contributed by atoms with van der Waals surface area (Å²) >= 11 is 6.26. The molecule has 0 saturated carbocycles. The van der Waals surface area contributed by atoms with Crippen LogP contribution >= 0.6 is 11.6 Å². The molecule has 1 amide bonds. The lowest BCUT2D eigenvalue weighted by Gasteiger charge is -2.12. The molecule has 0 fully saturated rings. The van der Waals surface area contributed by atoms with Gasteiger partial charge in [-0.05, 0) is 36.8 Å². The standard InChI is InChI=1S/C26H23ClN2O2/c1-2-10-24-22(26(30)29(28-24)21-13-4-3-5-14-21)17-19-11-7-9-16-25(19)31-18-20-12-6-8-15-23(20)27/h3-9,11-17H,2,10,18H2,1H3. The Bertz CT molecular complexity index is 1140. The van der Waals surface area contributed by atoms with Crippen LogP contribution in [0.5, 0.6) is 5.75 Å². The van der Waals surface area contributed by atoms with Crippen LogP contribution in [0.25, 0.3) is 6.08 Å². The highest BCUT2D eigenvalue weighted by Gasteiger charge is 2.30. The predicted octanol–water partition coefficient (Wildman–Crippen LogP) is 6.51. The molecule has 0 N–H and O–H groups in total. The number of halogens is 1. The molecule has 0 aliphatic carbocycles. The highest BCUT2D eigenvalue weighted by Crippen LogP contribution is 2.29. The second-order valence-electron chi connectivity index (χ2n) is 7.23. The molecule has 1 aliphatic rings. The smallest absolute Gasteiger partial charge is 0.280 e. The molecule has 0 saturated heterocycles. The third-order valence-corrected chi connectivity index (χ3v) is 5.37. The summed E-state index contributed by atoms with van der Waals surface area (Å²) in [6.07, 6.45) is 3.50. The first-order valence-electron chi connectivity index (χ1n) is 10.3. The van der Waals surface area contributed by atoms with Crippen LogP contribution in [0, 0.1) is 0 Å². The summed E-state index contributed by atoms with van der Waals surface area (Å²) in [6, 6.07) is 24.8. The SMILES string of the molecule is CCCC1=NN(c2ccccc2)C(=O)C1=Cc1ccccc1OCc1ccccc1Cl. The van der Waals surface area contributed by atoms with Crippen molar-refractivity contribution in [3.63, 3.8) is 0 Å². The van der Waals surface area contributed by atoms with E-state index in [-0.39, 0.29) is 5.91 Å². The van der Waals surface area contributed by atoms with Gasteiger partial charge in [0, 0.05) is 16.1 Å². The molecular formula is C26H23ClN2O2. The first-order valence-corrected chi connectivity index (χ1v) is 10.7. The fourth-order valence-electron chi connectivity index (χ4n) is 3.43. The normalized spacial score (nSPS) is 14.8. The number of para-hydroxylation sites is 2. The molecule has 0 atom stereocenters. The van der Waals surface area contributed by atoms with Crippen molar-refractivity contribution in [1.82, 2.24) is 0 Å². The van der Waals surface area contributed by atoms with Gasteiger partial charge in [0.05, 0.1) is 17.0 Å². The average molecular weight is 431 g/mol. The number of anilines is 1. The van der Waals surface area contributed by atoms with Crippen LogP contribution in [-0.4, -0.2) is 11.6 Å². The Balaban J connectivity index is 1.64. The molecule has 31 heavy (non-hydrogen) atoms. The minimum Gasteiger partial charge on any atom is -0.488 e. The van der Waals surface area contributed by atoms with Gasteiger partial charge in [-0.15, -0.1) is 0 Å². The Morgan fingerprint density at radius 1 is 0.968 bits per heavy atom. The molecule has 156 valence electrons. The summed E-state index contributed by atoms with van der Waals surface area (Å²) in [4.78, 5) is 13.2. The van der Waals surface area contributed by atoms with E-state index in [1.807, 2.05) is 84.9 Å². The van der Waals surface area contributed by atoms with Gasteiger partial charge in [0.2, 0.25) is 0 Å². The average Bonchev–Trinajstić information content (AvgIpc) is 3.10. The second kappa shape index (κ2) is 9.63. The minimum absolute atomic E-state index is 0.129. The fraction of sp³-hybridized carbons (Fsp3) is 0.154. The number of nitrogens with zero attached hydrogens (tertiary/aromatic N) is 2. The first-order chi connectivity index (χ1) is 15.2. The van der Waals surface area contributed by atoms with Crippen molar-refractivity contribution < 1.29 is 9.53 Å². The van der Waals surface area contributed by atoms with Crippen LogP contribution in [0.15, 0.2) is 89.5 Å². The van der Waals surface area contributed by atoms with E-state index in [4.69, 9.17) is 16.3 Å². The van der Waals surface area contributed by atoms with E-state index < -0.39 is 0 Å². The van der Waals surface area contributed by atoms with Crippen molar-refractivity contribution in [1.29, 1.82) is 0 Å². The lowest BCUT2D eigenvalue weighted by molar-refractivity contribution is -0.114. The van der Waals surface area contributed by atoms with Crippen LogP contribution in [0.4, 0.5) is 5.69 Å². The lowest BCUT2D eigenvalue weighted by Crippen LogP contribution is -2.21. The van der Waals surface area contributed by atoms with Gasteiger partial charge >= 0.3 is 0 Å². The van der Waals surface area contributed by atoms with Gasteiger partial charge in [0.25, 0.3) is 5.91 Å². The molecule has 0 bridgehead atoms. The van der Waals surface area contributed by atoms with Gasteiger partial charge in [-0.1, -0.05) is 79.5 Å². The van der Waals surface area contributed by atoms with Crippen LogP contribution in [0.1, 0.15) is 30.9 Å². The molecule has 3 aromatic carbocycles. The van der Waals surface area contributed by atoms with E-state index in [0.29, 0.717) is 23.0 Å². The number of hydrazone groups is 1. The molecule has 1 heterocycles. The third-order valence-electron chi connectivity index (χ3n) is 5.00.